The Balaban J connectivity index is 1.54. The van der Waals surface area contributed by atoms with Gasteiger partial charge in [0.05, 0.1) is 5.69 Å². The smallest absolute Gasteiger partial charge is 0.226 e. The summed E-state index contributed by atoms with van der Waals surface area (Å²) in [4.78, 5) is 13.3. The molecule has 0 radical (unpaired) electrons. The summed E-state index contributed by atoms with van der Waals surface area (Å²) in [6.45, 7) is 6.04. The second kappa shape index (κ2) is 8.98. The monoisotopic (exact) mass is 367 g/mol. The summed E-state index contributed by atoms with van der Waals surface area (Å²) in [6, 6.07) is 8.14. The number of aryl methyl sites for hydroxylation is 2. The highest BCUT2D eigenvalue weighted by atomic mass is 16.3. The fourth-order valence-corrected chi connectivity index (χ4v) is 2.51. The van der Waals surface area contributed by atoms with Crippen LogP contribution >= 0.6 is 0 Å². The minimum Gasteiger partial charge on any atom is -0.444 e. The molecule has 27 heavy (non-hydrogen) atoms. The van der Waals surface area contributed by atoms with Crippen LogP contribution in [0.5, 0.6) is 0 Å². The first-order valence-corrected chi connectivity index (χ1v) is 9.02. The lowest BCUT2D eigenvalue weighted by Gasteiger charge is -2.10. The fraction of sp³-hybridized carbons (Fsp3) is 0.368. The molecule has 0 saturated carbocycles. The molecule has 0 saturated heterocycles. The second-order valence-corrected chi connectivity index (χ2v) is 6.18. The van der Waals surface area contributed by atoms with Crippen molar-refractivity contribution < 1.29 is 4.42 Å². The number of oxazole rings is 1. The first-order chi connectivity index (χ1) is 13.2. The average molecular weight is 367 g/mol. The molecule has 0 unspecified atom stereocenters. The van der Waals surface area contributed by atoms with Crippen molar-refractivity contribution >= 4 is 5.96 Å². The van der Waals surface area contributed by atoms with Gasteiger partial charge in [-0.15, -0.1) is 0 Å². The largest absolute Gasteiger partial charge is 0.444 e. The van der Waals surface area contributed by atoms with E-state index in [4.69, 9.17) is 4.42 Å². The van der Waals surface area contributed by atoms with Gasteiger partial charge in [0.1, 0.15) is 25.0 Å². The van der Waals surface area contributed by atoms with E-state index in [1.807, 2.05) is 26.1 Å². The fourth-order valence-electron chi connectivity index (χ4n) is 2.51. The molecule has 3 aromatic rings. The van der Waals surface area contributed by atoms with Gasteiger partial charge in [0.25, 0.3) is 0 Å². The predicted octanol–water partition coefficient (Wildman–Crippen LogP) is 2.08. The first kappa shape index (κ1) is 18.6. The molecule has 0 aliphatic heterocycles. The predicted molar refractivity (Wildman–Crippen MR) is 104 cm³/mol. The van der Waals surface area contributed by atoms with Crippen molar-refractivity contribution in [1.82, 2.24) is 30.4 Å². The summed E-state index contributed by atoms with van der Waals surface area (Å²) in [6.07, 6.45) is 3.98. The maximum Gasteiger partial charge on any atom is 0.226 e. The molecular weight excluding hydrogens is 342 g/mol. The molecular formula is C19H25N7O. The zero-order valence-electron chi connectivity index (χ0n) is 15.9. The third kappa shape index (κ3) is 5.16. The minimum absolute atomic E-state index is 0.466. The molecule has 2 N–H and O–H groups in total. The van der Waals surface area contributed by atoms with Crippen LogP contribution in [0.1, 0.15) is 24.0 Å². The van der Waals surface area contributed by atoms with Crippen molar-refractivity contribution in [2.75, 3.05) is 13.1 Å². The van der Waals surface area contributed by atoms with Crippen molar-refractivity contribution in [2.24, 2.45) is 12.0 Å². The Kier molecular flexibility index (Phi) is 6.19. The summed E-state index contributed by atoms with van der Waals surface area (Å²) in [7, 11) is 1.86. The van der Waals surface area contributed by atoms with Gasteiger partial charge in [-0.25, -0.2) is 15.0 Å². The molecule has 0 fully saturated rings. The van der Waals surface area contributed by atoms with Crippen LogP contribution < -0.4 is 10.6 Å². The first-order valence-electron chi connectivity index (χ1n) is 9.02. The quantitative estimate of drug-likeness (QED) is 0.491. The van der Waals surface area contributed by atoms with Gasteiger partial charge < -0.3 is 15.1 Å². The van der Waals surface area contributed by atoms with E-state index in [1.54, 1.807) is 10.9 Å². The highest BCUT2D eigenvalue weighted by Crippen LogP contribution is 2.19. The summed E-state index contributed by atoms with van der Waals surface area (Å²) >= 11 is 0. The Bertz CT molecular complexity index is 880. The maximum atomic E-state index is 5.60. The molecule has 0 amide bonds. The normalized spacial score (nSPS) is 11.6. The lowest BCUT2D eigenvalue weighted by molar-refractivity contribution is 0.572. The van der Waals surface area contributed by atoms with Gasteiger partial charge in [-0.1, -0.05) is 17.7 Å². The van der Waals surface area contributed by atoms with Crippen LogP contribution in [-0.2, 0) is 20.0 Å². The van der Waals surface area contributed by atoms with Crippen molar-refractivity contribution in [3.05, 3.63) is 53.9 Å². The van der Waals surface area contributed by atoms with E-state index in [-0.39, 0.29) is 0 Å². The zero-order valence-corrected chi connectivity index (χ0v) is 15.9. The van der Waals surface area contributed by atoms with Crippen molar-refractivity contribution in [1.29, 1.82) is 0 Å². The van der Waals surface area contributed by atoms with Gasteiger partial charge in [0.15, 0.2) is 5.96 Å². The van der Waals surface area contributed by atoms with E-state index in [0.717, 1.165) is 36.0 Å². The molecule has 8 nitrogen and oxygen atoms in total. The van der Waals surface area contributed by atoms with Crippen LogP contribution in [0.25, 0.3) is 11.5 Å². The highest BCUT2D eigenvalue weighted by molar-refractivity contribution is 5.79. The summed E-state index contributed by atoms with van der Waals surface area (Å²) in [5.74, 6) is 2.20. The minimum atomic E-state index is 0.466. The standard InChI is InChI=1S/C19H25N7O/c1-4-20-19(22-11-17-23-13-24-26(17)3)21-10-9-16-12-27-18(25-16)15-7-5-14(2)6-8-15/h5-8,12-13H,4,9-11H2,1-3H3,(H2,20,21,22). The van der Waals surface area contributed by atoms with Crippen LogP contribution in [0.2, 0.25) is 0 Å². The molecule has 3 rings (SSSR count). The van der Waals surface area contributed by atoms with E-state index < -0.39 is 0 Å². The van der Waals surface area contributed by atoms with Crippen LogP contribution in [0, 0.1) is 6.92 Å². The van der Waals surface area contributed by atoms with Crippen molar-refractivity contribution in [2.45, 2.75) is 26.8 Å². The average Bonchev–Trinajstić information content (AvgIpc) is 3.29. The molecule has 0 spiro atoms. The van der Waals surface area contributed by atoms with Crippen molar-refractivity contribution in [3.8, 4) is 11.5 Å². The number of aromatic nitrogens is 4. The number of nitrogens with one attached hydrogen (secondary N) is 2. The van der Waals surface area contributed by atoms with E-state index >= 15 is 0 Å². The molecule has 0 atom stereocenters. The number of guanidine groups is 1. The lowest BCUT2D eigenvalue weighted by atomic mass is 10.1. The Morgan fingerprint density at radius 3 is 2.74 bits per heavy atom. The molecule has 0 bridgehead atoms. The number of hydrogen-bond donors (Lipinski definition) is 2. The second-order valence-electron chi connectivity index (χ2n) is 6.18. The van der Waals surface area contributed by atoms with Gasteiger partial charge in [-0.2, -0.15) is 5.10 Å². The van der Waals surface area contributed by atoms with Crippen LogP contribution in [0.4, 0.5) is 0 Å². The van der Waals surface area contributed by atoms with Crippen LogP contribution in [0.15, 0.2) is 46.3 Å². The van der Waals surface area contributed by atoms with E-state index in [2.05, 4.69) is 49.7 Å². The molecule has 0 aliphatic rings. The lowest BCUT2D eigenvalue weighted by Crippen LogP contribution is -2.38. The summed E-state index contributed by atoms with van der Waals surface area (Å²) in [5, 5.41) is 10.6. The van der Waals surface area contributed by atoms with Gasteiger partial charge in [0.2, 0.25) is 5.89 Å². The Labute approximate surface area is 158 Å². The Morgan fingerprint density at radius 2 is 2.04 bits per heavy atom. The molecule has 2 heterocycles. The molecule has 1 aromatic carbocycles. The van der Waals surface area contributed by atoms with E-state index in [9.17, 15) is 0 Å². The maximum absolute atomic E-state index is 5.60. The third-order valence-corrected chi connectivity index (χ3v) is 4.05. The number of aliphatic imine (C=N–C) groups is 1. The van der Waals surface area contributed by atoms with Crippen molar-refractivity contribution in [3.63, 3.8) is 0 Å². The van der Waals surface area contributed by atoms with E-state index in [1.165, 1.54) is 11.9 Å². The van der Waals surface area contributed by atoms with Gasteiger partial charge in [-0.05, 0) is 26.0 Å². The Hall–Kier alpha value is -3.16. The van der Waals surface area contributed by atoms with Gasteiger partial charge in [-0.3, -0.25) is 4.68 Å². The number of nitrogens with zero attached hydrogens (tertiary/aromatic N) is 5. The molecule has 2 aromatic heterocycles. The molecule has 0 aliphatic carbocycles. The van der Waals surface area contributed by atoms with Gasteiger partial charge >= 0.3 is 0 Å². The molecule has 8 heteroatoms. The SMILES string of the molecule is CCNC(=NCc1ncnn1C)NCCc1coc(-c2ccc(C)cc2)n1. The highest BCUT2D eigenvalue weighted by Gasteiger charge is 2.07. The third-order valence-electron chi connectivity index (χ3n) is 4.05. The molecule has 142 valence electrons. The number of benzene rings is 1. The van der Waals surface area contributed by atoms with Gasteiger partial charge in [0, 0.05) is 32.1 Å². The topological polar surface area (TPSA) is 93.2 Å². The van der Waals surface area contributed by atoms with Crippen LogP contribution in [-0.4, -0.2) is 38.8 Å². The van der Waals surface area contributed by atoms with E-state index in [0.29, 0.717) is 19.0 Å². The zero-order chi connectivity index (χ0) is 19.1. The Morgan fingerprint density at radius 1 is 1.22 bits per heavy atom. The number of hydrogen-bond acceptors (Lipinski definition) is 5. The summed E-state index contributed by atoms with van der Waals surface area (Å²) < 4.78 is 7.32. The van der Waals surface area contributed by atoms with Crippen LogP contribution in [0.3, 0.4) is 0 Å². The summed E-state index contributed by atoms with van der Waals surface area (Å²) in [5.41, 5.74) is 3.10. The number of rotatable bonds is 7.